The Morgan fingerprint density at radius 3 is 2.23 bits per heavy atom. The normalized spacial score (nSPS) is 26.1. The average Bonchev–Trinajstić information content (AvgIpc) is 2.69. The van der Waals surface area contributed by atoms with Crippen LogP contribution in [0.5, 0.6) is 0 Å². The molecule has 0 saturated carbocycles. The SMILES string of the molecule is CCCCOC1C(N=[N+]=[N-])[C@H](OC(=N)C(Cl)(Cl)Cl)OC(COC(C)=O)[C@H]1OCCCC. The highest BCUT2D eigenvalue weighted by molar-refractivity contribution is 6.76. The van der Waals surface area contributed by atoms with Gasteiger partial charge < -0.3 is 23.7 Å². The van der Waals surface area contributed by atoms with Gasteiger partial charge in [-0.3, -0.25) is 10.2 Å². The summed E-state index contributed by atoms with van der Waals surface area (Å²) >= 11 is 17.1. The van der Waals surface area contributed by atoms with E-state index in [0.29, 0.717) is 13.2 Å². The number of nitrogens with zero attached hydrogens (tertiary/aromatic N) is 3. The Kier molecular flexibility index (Phi) is 12.9. The monoisotopic (exact) mass is 502 g/mol. The minimum absolute atomic E-state index is 0.163. The van der Waals surface area contributed by atoms with Gasteiger partial charge >= 0.3 is 5.97 Å². The van der Waals surface area contributed by atoms with Gasteiger partial charge in [0.25, 0.3) is 3.79 Å². The molecule has 178 valence electrons. The number of hydrogen-bond acceptors (Lipinski definition) is 8. The standard InChI is InChI=1S/C18H29Cl3N4O6/c1-4-6-8-27-14-12(10-29-11(3)26)30-16(31-17(22)18(19,20)21)13(24-25-23)15(14)28-9-7-5-2/h12-16,22H,4-10H2,1-3H3/t12?,13?,14-,15?,16+/m1/s1. The molecule has 13 heteroatoms. The van der Waals surface area contributed by atoms with E-state index in [0.717, 1.165) is 25.7 Å². The van der Waals surface area contributed by atoms with Crippen molar-refractivity contribution < 1.29 is 28.5 Å². The zero-order valence-electron chi connectivity index (χ0n) is 17.8. The molecule has 1 aliphatic heterocycles. The number of hydrogen-bond donors (Lipinski definition) is 1. The van der Waals surface area contributed by atoms with E-state index in [1.165, 1.54) is 6.92 Å². The zero-order chi connectivity index (χ0) is 23.4. The van der Waals surface area contributed by atoms with Gasteiger partial charge in [0.15, 0.2) is 0 Å². The molecule has 31 heavy (non-hydrogen) atoms. The van der Waals surface area contributed by atoms with Crippen molar-refractivity contribution >= 4 is 46.7 Å². The summed E-state index contributed by atoms with van der Waals surface area (Å²) in [5.74, 6) is -1.23. The van der Waals surface area contributed by atoms with Gasteiger partial charge in [-0.1, -0.05) is 66.6 Å². The van der Waals surface area contributed by atoms with E-state index in [9.17, 15) is 4.79 Å². The van der Waals surface area contributed by atoms with Crippen LogP contribution in [0.15, 0.2) is 5.11 Å². The van der Waals surface area contributed by atoms with E-state index in [-0.39, 0.29) is 6.61 Å². The van der Waals surface area contributed by atoms with Crippen molar-refractivity contribution in [2.75, 3.05) is 19.8 Å². The Labute approximate surface area is 196 Å². The van der Waals surface area contributed by atoms with Crippen molar-refractivity contribution in [2.24, 2.45) is 5.11 Å². The molecule has 1 aliphatic rings. The highest BCUT2D eigenvalue weighted by Gasteiger charge is 2.50. The van der Waals surface area contributed by atoms with Gasteiger partial charge in [-0.05, 0) is 18.4 Å². The molecule has 1 fully saturated rings. The first-order chi connectivity index (χ1) is 14.6. The van der Waals surface area contributed by atoms with Crippen LogP contribution in [0.4, 0.5) is 0 Å². The van der Waals surface area contributed by atoms with Crippen LogP contribution < -0.4 is 0 Å². The second-order valence-electron chi connectivity index (χ2n) is 6.86. The summed E-state index contributed by atoms with van der Waals surface area (Å²) in [6.45, 7) is 5.88. The Bertz CT molecular complexity index is 630. The quantitative estimate of drug-likeness (QED) is 0.0599. The van der Waals surface area contributed by atoms with Crippen LogP contribution in [-0.2, 0) is 28.5 Å². The Balaban J connectivity index is 3.24. The molecule has 5 atom stereocenters. The fourth-order valence-corrected chi connectivity index (χ4v) is 2.94. The second kappa shape index (κ2) is 14.2. The topological polar surface area (TPSA) is 136 Å². The van der Waals surface area contributed by atoms with Crippen molar-refractivity contribution in [3.05, 3.63) is 10.4 Å². The largest absolute Gasteiger partial charge is 0.463 e. The minimum Gasteiger partial charge on any atom is -0.463 e. The third-order valence-corrected chi connectivity index (χ3v) is 4.87. The molecule has 3 unspecified atom stereocenters. The van der Waals surface area contributed by atoms with Gasteiger partial charge in [0.05, 0.1) is 0 Å². The maximum atomic E-state index is 11.4. The number of esters is 1. The van der Waals surface area contributed by atoms with Crippen LogP contribution in [0, 0.1) is 5.41 Å². The smallest absolute Gasteiger partial charge is 0.302 e. The number of halogens is 3. The molecule has 0 bridgehead atoms. The number of carbonyl (C=O) groups is 1. The van der Waals surface area contributed by atoms with Gasteiger partial charge in [0.1, 0.15) is 31.0 Å². The first kappa shape index (κ1) is 28.0. The fraction of sp³-hybridized carbons (Fsp3) is 0.889. The maximum absolute atomic E-state index is 11.4. The van der Waals surface area contributed by atoms with Crippen LogP contribution in [0.1, 0.15) is 46.5 Å². The number of azide groups is 1. The summed E-state index contributed by atoms with van der Waals surface area (Å²) in [5, 5.41) is 11.6. The Hall–Kier alpha value is -1.00. The summed E-state index contributed by atoms with van der Waals surface area (Å²) in [5.41, 5.74) is 9.11. The third-order valence-electron chi connectivity index (χ3n) is 4.36. The molecule has 1 saturated heterocycles. The van der Waals surface area contributed by atoms with Crippen molar-refractivity contribution in [1.82, 2.24) is 0 Å². The highest BCUT2D eigenvalue weighted by atomic mass is 35.6. The molecule has 0 aromatic carbocycles. The predicted molar refractivity (Wildman–Crippen MR) is 117 cm³/mol. The van der Waals surface area contributed by atoms with E-state index in [1.54, 1.807) is 0 Å². The van der Waals surface area contributed by atoms with Gasteiger partial charge in [-0.2, -0.15) is 0 Å². The summed E-state index contributed by atoms with van der Waals surface area (Å²) in [4.78, 5) is 14.2. The Morgan fingerprint density at radius 1 is 1.16 bits per heavy atom. The summed E-state index contributed by atoms with van der Waals surface area (Å²) in [7, 11) is 0. The molecule has 0 aliphatic carbocycles. The lowest BCUT2D eigenvalue weighted by molar-refractivity contribution is -0.264. The van der Waals surface area contributed by atoms with Crippen molar-refractivity contribution in [2.45, 2.75) is 80.9 Å². The van der Waals surface area contributed by atoms with Crippen LogP contribution >= 0.6 is 34.8 Å². The van der Waals surface area contributed by atoms with E-state index < -0.39 is 46.3 Å². The summed E-state index contributed by atoms with van der Waals surface area (Å²) < 4.78 is 26.2. The van der Waals surface area contributed by atoms with E-state index in [4.69, 9.17) is 69.4 Å². The first-order valence-corrected chi connectivity index (χ1v) is 11.2. The number of ether oxygens (including phenoxy) is 5. The number of alkyl halides is 3. The number of nitrogens with one attached hydrogen (secondary N) is 1. The molecule has 0 radical (unpaired) electrons. The molecule has 1 rings (SSSR count). The van der Waals surface area contributed by atoms with Crippen molar-refractivity contribution in [3.8, 4) is 0 Å². The highest BCUT2D eigenvalue weighted by Crippen LogP contribution is 2.33. The lowest BCUT2D eigenvalue weighted by Crippen LogP contribution is -2.61. The van der Waals surface area contributed by atoms with Gasteiger partial charge in [0, 0.05) is 25.0 Å². The molecule has 1 heterocycles. The van der Waals surface area contributed by atoms with E-state index >= 15 is 0 Å². The van der Waals surface area contributed by atoms with Gasteiger partial charge in [-0.15, -0.1) is 0 Å². The number of rotatable bonds is 12. The summed E-state index contributed by atoms with van der Waals surface area (Å²) in [6, 6.07) is -1.05. The van der Waals surface area contributed by atoms with E-state index in [2.05, 4.69) is 10.0 Å². The molecule has 0 aromatic rings. The summed E-state index contributed by atoms with van der Waals surface area (Å²) in [6.07, 6.45) is -0.361. The molecule has 10 nitrogen and oxygen atoms in total. The second-order valence-corrected chi connectivity index (χ2v) is 9.14. The number of carbonyl (C=O) groups excluding carboxylic acids is 1. The lowest BCUT2D eigenvalue weighted by Gasteiger charge is -2.44. The predicted octanol–water partition coefficient (Wildman–Crippen LogP) is 4.69. The third kappa shape index (κ3) is 9.57. The maximum Gasteiger partial charge on any atom is 0.302 e. The average molecular weight is 504 g/mol. The van der Waals surface area contributed by atoms with E-state index in [1.807, 2.05) is 13.8 Å². The molecule has 0 aromatic heterocycles. The molecular weight excluding hydrogens is 475 g/mol. The van der Waals surface area contributed by atoms with Crippen LogP contribution in [-0.4, -0.2) is 66.1 Å². The lowest BCUT2D eigenvalue weighted by atomic mass is 9.96. The molecule has 1 N–H and O–H groups in total. The minimum atomic E-state index is -2.15. The Morgan fingerprint density at radius 2 is 1.74 bits per heavy atom. The van der Waals surface area contributed by atoms with Gasteiger partial charge in [0.2, 0.25) is 12.2 Å². The number of unbranched alkanes of at least 4 members (excludes halogenated alkanes) is 2. The van der Waals surface area contributed by atoms with Crippen molar-refractivity contribution in [1.29, 1.82) is 5.41 Å². The van der Waals surface area contributed by atoms with Crippen molar-refractivity contribution in [3.63, 3.8) is 0 Å². The molecule has 0 amide bonds. The fourth-order valence-electron chi connectivity index (χ4n) is 2.81. The molecular formula is C18H29Cl3N4O6. The van der Waals surface area contributed by atoms with Crippen LogP contribution in [0.3, 0.4) is 0 Å². The van der Waals surface area contributed by atoms with Gasteiger partial charge in [-0.25, -0.2) is 0 Å². The molecule has 0 spiro atoms. The zero-order valence-corrected chi connectivity index (χ0v) is 20.0. The van der Waals surface area contributed by atoms with Crippen LogP contribution in [0.2, 0.25) is 0 Å². The van der Waals surface area contributed by atoms with Crippen LogP contribution in [0.25, 0.3) is 10.4 Å². The first-order valence-electron chi connectivity index (χ1n) is 10.0.